The molecular formula is C10H16O3. The molecule has 0 bridgehead atoms. The molecule has 1 aliphatic carbocycles. The van der Waals surface area contributed by atoms with Crippen molar-refractivity contribution >= 4 is 11.8 Å². The summed E-state index contributed by atoms with van der Waals surface area (Å²) < 4.78 is 0. The molecule has 0 aromatic rings. The van der Waals surface area contributed by atoms with Crippen LogP contribution in [-0.4, -0.2) is 16.9 Å². The van der Waals surface area contributed by atoms with E-state index in [2.05, 4.69) is 0 Å². The van der Waals surface area contributed by atoms with E-state index in [0.717, 1.165) is 25.7 Å². The van der Waals surface area contributed by atoms with Crippen molar-refractivity contribution in [3.8, 4) is 0 Å². The molecule has 3 nitrogen and oxygen atoms in total. The molecule has 0 aliphatic heterocycles. The minimum atomic E-state index is -0.804. The van der Waals surface area contributed by atoms with Crippen LogP contribution in [0.4, 0.5) is 0 Å². The normalized spacial score (nSPS) is 29.3. The standard InChI is InChI=1S/C10H16O3/c1-7(11)8-5-3-2-4-6-9(8)10(12)13/h8-9H,2-6H2,1H3,(H,12,13). The van der Waals surface area contributed by atoms with E-state index in [0.29, 0.717) is 6.42 Å². The molecule has 74 valence electrons. The zero-order valence-electron chi connectivity index (χ0n) is 7.95. The third-order valence-electron chi connectivity index (χ3n) is 2.86. The van der Waals surface area contributed by atoms with Crippen molar-refractivity contribution in [3.63, 3.8) is 0 Å². The highest BCUT2D eigenvalue weighted by Gasteiger charge is 2.32. The molecule has 0 saturated heterocycles. The van der Waals surface area contributed by atoms with Gasteiger partial charge in [-0.3, -0.25) is 9.59 Å². The van der Waals surface area contributed by atoms with Gasteiger partial charge in [0.05, 0.1) is 5.92 Å². The monoisotopic (exact) mass is 184 g/mol. The van der Waals surface area contributed by atoms with Gasteiger partial charge >= 0.3 is 5.97 Å². The second-order valence-corrected chi connectivity index (χ2v) is 3.80. The smallest absolute Gasteiger partial charge is 0.307 e. The first kappa shape index (κ1) is 10.2. The Kier molecular flexibility index (Phi) is 3.46. The van der Waals surface area contributed by atoms with Gasteiger partial charge in [-0.25, -0.2) is 0 Å². The summed E-state index contributed by atoms with van der Waals surface area (Å²) in [5.41, 5.74) is 0. The van der Waals surface area contributed by atoms with Crippen LogP contribution in [0.15, 0.2) is 0 Å². The molecule has 1 rings (SSSR count). The van der Waals surface area contributed by atoms with Gasteiger partial charge in [-0.2, -0.15) is 0 Å². The van der Waals surface area contributed by atoms with E-state index in [-0.39, 0.29) is 11.7 Å². The van der Waals surface area contributed by atoms with Crippen LogP contribution >= 0.6 is 0 Å². The first-order valence-electron chi connectivity index (χ1n) is 4.86. The van der Waals surface area contributed by atoms with E-state index in [1.54, 1.807) is 0 Å². The van der Waals surface area contributed by atoms with Crippen molar-refractivity contribution < 1.29 is 14.7 Å². The zero-order valence-corrected chi connectivity index (χ0v) is 7.95. The van der Waals surface area contributed by atoms with Gasteiger partial charge in [-0.15, -0.1) is 0 Å². The summed E-state index contributed by atoms with van der Waals surface area (Å²) in [7, 11) is 0. The Labute approximate surface area is 78.1 Å². The molecule has 0 amide bonds. The van der Waals surface area contributed by atoms with Gasteiger partial charge in [0.1, 0.15) is 5.78 Å². The van der Waals surface area contributed by atoms with Crippen LogP contribution in [0.1, 0.15) is 39.0 Å². The van der Waals surface area contributed by atoms with Crippen LogP contribution in [0.2, 0.25) is 0 Å². The summed E-state index contributed by atoms with van der Waals surface area (Å²) in [6.07, 6.45) is 4.42. The lowest BCUT2D eigenvalue weighted by molar-refractivity contribution is -0.146. The van der Waals surface area contributed by atoms with Gasteiger partial charge < -0.3 is 5.11 Å². The molecule has 1 aliphatic rings. The Hall–Kier alpha value is -0.860. The Morgan fingerprint density at radius 2 is 1.62 bits per heavy atom. The lowest BCUT2D eigenvalue weighted by Crippen LogP contribution is -2.27. The summed E-state index contributed by atoms with van der Waals surface area (Å²) in [4.78, 5) is 22.1. The van der Waals surface area contributed by atoms with Crippen LogP contribution in [0.3, 0.4) is 0 Å². The van der Waals surface area contributed by atoms with Crippen molar-refractivity contribution in [1.82, 2.24) is 0 Å². The second-order valence-electron chi connectivity index (χ2n) is 3.80. The molecule has 1 N–H and O–H groups in total. The maximum atomic E-state index is 11.2. The fourth-order valence-electron chi connectivity index (χ4n) is 2.09. The van der Waals surface area contributed by atoms with Crippen LogP contribution in [0.25, 0.3) is 0 Å². The van der Waals surface area contributed by atoms with Crippen LogP contribution in [0, 0.1) is 11.8 Å². The van der Waals surface area contributed by atoms with Gasteiger partial charge in [0.25, 0.3) is 0 Å². The number of carboxylic acid groups (broad SMARTS) is 1. The first-order valence-corrected chi connectivity index (χ1v) is 4.86. The van der Waals surface area contributed by atoms with Gasteiger partial charge in [-0.05, 0) is 19.8 Å². The minimum absolute atomic E-state index is 0.0364. The number of hydrogen-bond donors (Lipinski definition) is 1. The molecule has 1 fully saturated rings. The Balaban J connectivity index is 2.72. The molecule has 0 spiro atoms. The molecule has 0 aromatic carbocycles. The fourth-order valence-corrected chi connectivity index (χ4v) is 2.09. The van der Waals surface area contributed by atoms with E-state index < -0.39 is 11.9 Å². The number of Topliss-reactive ketones (excluding diaryl/α,β-unsaturated/α-hetero) is 1. The molecule has 2 atom stereocenters. The topological polar surface area (TPSA) is 54.4 Å². The van der Waals surface area contributed by atoms with Crippen LogP contribution < -0.4 is 0 Å². The summed E-state index contributed by atoms with van der Waals surface area (Å²) in [6, 6.07) is 0. The summed E-state index contributed by atoms with van der Waals surface area (Å²) >= 11 is 0. The van der Waals surface area contributed by atoms with Crippen molar-refractivity contribution in [2.24, 2.45) is 11.8 Å². The van der Waals surface area contributed by atoms with Crippen LogP contribution in [0.5, 0.6) is 0 Å². The largest absolute Gasteiger partial charge is 0.481 e. The van der Waals surface area contributed by atoms with E-state index in [4.69, 9.17) is 5.11 Å². The van der Waals surface area contributed by atoms with Crippen molar-refractivity contribution in [2.45, 2.75) is 39.0 Å². The number of rotatable bonds is 2. The lowest BCUT2D eigenvalue weighted by atomic mass is 9.85. The highest BCUT2D eigenvalue weighted by molar-refractivity contribution is 5.84. The van der Waals surface area contributed by atoms with E-state index in [1.165, 1.54) is 6.92 Å². The molecule has 13 heavy (non-hydrogen) atoms. The summed E-state index contributed by atoms with van der Waals surface area (Å²) in [5.74, 6) is -1.43. The predicted octanol–water partition coefficient (Wildman–Crippen LogP) is 1.86. The fraction of sp³-hybridized carbons (Fsp3) is 0.800. The third-order valence-corrected chi connectivity index (χ3v) is 2.86. The summed E-state index contributed by atoms with van der Waals surface area (Å²) in [6.45, 7) is 1.51. The van der Waals surface area contributed by atoms with Crippen LogP contribution in [-0.2, 0) is 9.59 Å². The van der Waals surface area contributed by atoms with Gasteiger partial charge in [0.15, 0.2) is 0 Å². The molecule has 0 heterocycles. The first-order chi connectivity index (χ1) is 6.13. The molecule has 2 unspecified atom stereocenters. The van der Waals surface area contributed by atoms with E-state index in [9.17, 15) is 9.59 Å². The number of hydrogen-bond acceptors (Lipinski definition) is 2. The zero-order chi connectivity index (χ0) is 9.84. The quantitative estimate of drug-likeness (QED) is 0.666. The number of ketones is 1. The van der Waals surface area contributed by atoms with Gasteiger partial charge in [-0.1, -0.05) is 19.3 Å². The Bertz CT molecular complexity index is 188. The Morgan fingerprint density at radius 1 is 1.08 bits per heavy atom. The predicted molar refractivity (Wildman–Crippen MR) is 48.4 cm³/mol. The molecule has 0 radical (unpaired) electrons. The SMILES string of the molecule is CC(=O)C1CCCCCC1C(=O)O. The highest BCUT2D eigenvalue weighted by Crippen LogP contribution is 2.29. The maximum Gasteiger partial charge on any atom is 0.307 e. The minimum Gasteiger partial charge on any atom is -0.481 e. The van der Waals surface area contributed by atoms with Crippen molar-refractivity contribution in [3.05, 3.63) is 0 Å². The number of carboxylic acids is 1. The van der Waals surface area contributed by atoms with Gasteiger partial charge in [0, 0.05) is 5.92 Å². The average Bonchev–Trinajstić information content (AvgIpc) is 2.27. The Morgan fingerprint density at radius 3 is 2.08 bits per heavy atom. The van der Waals surface area contributed by atoms with Crippen molar-refractivity contribution in [2.75, 3.05) is 0 Å². The molecule has 0 aromatic heterocycles. The molecule has 1 saturated carbocycles. The van der Waals surface area contributed by atoms with E-state index >= 15 is 0 Å². The number of carbonyl (C=O) groups excluding carboxylic acids is 1. The maximum absolute atomic E-state index is 11.2. The van der Waals surface area contributed by atoms with E-state index in [1.807, 2.05) is 0 Å². The average molecular weight is 184 g/mol. The highest BCUT2D eigenvalue weighted by atomic mass is 16.4. The third kappa shape index (κ3) is 2.54. The number of aliphatic carboxylic acids is 1. The van der Waals surface area contributed by atoms with Crippen molar-refractivity contribution in [1.29, 1.82) is 0 Å². The second kappa shape index (κ2) is 4.40. The van der Waals surface area contributed by atoms with Gasteiger partial charge in [0.2, 0.25) is 0 Å². The molecular weight excluding hydrogens is 168 g/mol. The summed E-state index contributed by atoms with van der Waals surface area (Å²) in [5, 5.41) is 8.93. The lowest BCUT2D eigenvalue weighted by Gasteiger charge is -2.17. The number of carbonyl (C=O) groups is 2. The molecule has 3 heteroatoms.